The zero-order valence-electron chi connectivity index (χ0n) is 15.4. The molecule has 0 radical (unpaired) electrons. The van der Waals surface area contributed by atoms with Crippen molar-refractivity contribution in [3.8, 4) is 0 Å². The first kappa shape index (κ1) is 16.9. The van der Waals surface area contributed by atoms with Crippen LogP contribution in [0.3, 0.4) is 0 Å². The van der Waals surface area contributed by atoms with Crippen LogP contribution in [0.2, 0.25) is 0 Å². The highest BCUT2D eigenvalue weighted by Gasteiger charge is 2.27. The van der Waals surface area contributed by atoms with Gasteiger partial charge in [0.05, 0.1) is 12.3 Å². The van der Waals surface area contributed by atoms with Crippen molar-refractivity contribution in [1.29, 1.82) is 0 Å². The minimum absolute atomic E-state index is 0.339. The SMILES string of the molecule is COCc1cc(N2CCCC(c3nncn3C(C)C)C2)n2ncnc2n1. The summed E-state index contributed by atoms with van der Waals surface area (Å²) in [7, 11) is 1.67. The van der Waals surface area contributed by atoms with Gasteiger partial charge in [0.1, 0.15) is 24.3 Å². The van der Waals surface area contributed by atoms with Crippen molar-refractivity contribution in [2.24, 2.45) is 0 Å². The van der Waals surface area contributed by atoms with Gasteiger partial charge in [-0.05, 0) is 26.7 Å². The number of hydrogen-bond acceptors (Lipinski definition) is 7. The fourth-order valence-corrected chi connectivity index (χ4v) is 3.63. The standard InChI is InChI=1S/C17H24N8O/c1-12(2)24-11-19-22-16(24)13-5-4-6-23(8-13)15-7-14(9-26-3)21-17-18-10-20-25(15)17/h7,10-13H,4-6,8-9H2,1-3H3. The largest absolute Gasteiger partial charge is 0.378 e. The lowest BCUT2D eigenvalue weighted by Crippen LogP contribution is -2.37. The Morgan fingerprint density at radius 1 is 1.35 bits per heavy atom. The van der Waals surface area contributed by atoms with Crippen LogP contribution in [0.25, 0.3) is 5.78 Å². The van der Waals surface area contributed by atoms with Crippen molar-refractivity contribution in [2.75, 3.05) is 25.1 Å². The van der Waals surface area contributed by atoms with E-state index in [4.69, 9.17) is 4.74 Å². The highest BCUT2D eigenvalue weighted by atomic mass is 16.5. The molecule has 4 rings (SSSR count). The summed E-state index contributed by atoms with van der Waals surface area (Å²) in [6.45, 7) is 6.61. The Hall–Kier alpha value is -2.55. The third-order valence-corrected chi connectivity index (χ3v) is 4.85. The van der Waals surface area contributed by atoms with Gasteiger partial charge in [0.15, 0.2) is 0 Å². The van der Waals surface area contributed by atoms with Crippen molar-refractivity contribution < 1.29 is 4.74 Å². The van der Waals surface area contributed by atoms with Gasteiger partial charge in [0.25, 0.3) is 5.78 Å². The highest BCUT2D eigenvalue weighted by Crippen LogP contribution is 2.30. The first-order chi connectivity index (χ1) is 12.7. The van der Waals surface area contributed by atoms with E-state index in [-0.39, 0.29) is 0 Å². The van der Waals surface area contributed by atoms with E-state index in [2.05, 4.69) is 48.6 Å². The molecular weight excluding hydrogens is 332 g/mol. The molecule has 4 heterocycles. The van der Waals surface area contributed by atoms with Crippen LogP contribution in [0.1, 0.15) is 50.2 Å². The maximum absolute atomic E-state index is 5.26. The average molecular weight is 356 g/mol. The minimum atomic E-state index is 0.339. The Morgan fingerprint density at radius 2 is 2.23 bits per heavy atom. The molecule has 0 saturated carbocycles. The van der Waals surface area contributed by atoms with E-state index in [0.717, 1.165) is 43.3 Å². The Labute approximate surface area is 152 Å². The lowest BCUT2D eigenvalue weighted by atomic mass is 9.97. The number of anilines is 1. The fraction of sp³-hybridized carbons (Fsp3) is 0.588. The van der Waals surface area contributed by atoms with Gasteiger partial charge in [-0.15, -0.1) is 10.2 Å². The number of fused-ring (bicyclic) bond motifs is 1. The molecule has 1 fully saturated rings. The van der Waals surface area contributed by atoms with Gasteiger partial charge in [-0.25, -0.2) is 4.98 Å². The van der Waals surface area contributed by atoms with Crippen LogP contribution < -0.4 is 4.90 Å². The molecule has 9 nitrogen and oxygen atoms in total. The summed E-state index contributed by atoms with van der Waals surface area (Å²) >= 11 is 0. The molecule has 0 spiro atoms. The average Bonchev–Trinajstić information content (AvgIpc) is 3.30. The number of rotatable bonds is 5. The van der Waals surface area contributed by atoms with E-state index in [9.17, 15) is 0 Å². The molecule has 1 saturated heterocycles. The quantitative estimate of drug-likeness (QED) is 0.689. The summed E-state index contributed by atoms with van der Waals surface area (Å²) in [6, 6.07) is 2.40. The van der Waals surface area contributed by atoms with Crippen LogP contribution in [-0.2, 0) is 11.3 Å². The summed E-state index contributed by atoms with van der Waals surface area (Å²) in [5, 5.41) is 12.9. The van der Waals surface area contributed by atoms with Crippen LogP contribution in [0, 0.1) is 0 Å². The van der Waals surface area contributed by atoms with Crippen molar-refractivity contribution in [1.82, 2.24) is 34.3 Å². The predicted octanol–water partition coefficient (Wildman–Crippen LogP) is 1.83. The number of methoxy groups -OCH3 is 1. The topological polar surface area (TPSA) is 86.3 Å². The molecule has 1 atom stereocenters. The molecule has 0 N–H and O–H groups in total. The molecule has 1 aliphatic heterocycles. The molecule has 0 aliphatic carbocycles. The zero-order chi connectivity index (χ0) is 18.1. The molecular formula is C17H24N8O. The molecule has 9 heteroatoms. The maximum atomic E-state index is 5.26. The van der Waals surface area contributed by atoms with Gasteiger partial charge in [-0.1, -0.05) is 0 Å². The monoisotopic (exact) mass is 356 g/mol. The second-order valence-electron chi connectivity index (χ2n) is 6.99. The zero-order valence-corrected chi connectivity index (χ0v) is 15.4. The van der Waals surface area contributed by atoms with Gasteiger partial charge in [0.2, 0.25) is 0 Å². The summed E-state index contributed by atoms with van der Waals surface area (Å²) in [5.41, 5.74) is 0.857. The number of hydrogen-bond donors (Lipinski definition) is 0. The fourth-order valence-electron chi connectivity index (χ4n) is 3.63. The van der Waals surface area contributed by atoms with Gasteiger partial charge in [0, 0.05) is 38.2 Å². The molecule has 0 bridgehead atoms. The molecule has 0 amide bonds. The van der Waals surface area contributed by atoms with E-state index < -0.39 is 0 Å². The number of piperidine rings is 1. The van der Waals surface area contributed by atoms with Gasteiger partial charge < -0.3 is 14.2 Å². The van der Waals surface area contributed by atoms with E-state index in [1.807, 2.05) is 12.4 Å². The molecule has 138 valence electrons. The van der Waals surface area contributed by atoms with Crippen LogP contribution in [-0.4, -0.2) is 54.5 Å². The molecule has 1 aliphatic rings. The third-order valence-electron chi connectivity index (χ3n) is 4.85. The van der Waals surface area contributed by atoms with Crippen LogP contribution in [0.4, 0.5) is 5.82 Å². The molecule has 1 unspecified atom stereocenters. The van der Waals surface area contributed by atoms with Gasteiger partial charge in [-0.2, -0.15) is 14.6 Å². The van der Waals surface area contributed by atoms with Crippen molar-refractivity contribution >= 4 is 11.6 Å². The lowest BCUT2D eigenvalue weighted by molar-refractivity contribution is 0.181. The second kappa shape index (κ2) is 6.99. The highest BCUT2D eigenvalue weighted by molar-refractivity contribution is 5.48. The smallest absolute Gasteiger partial charge is 0.254 e. The molecule has 3 aromatic heterocycles. The Bertz CT molecular complexity index is 886. The number of aromatic nitrogens is 7. The maximum Gasteiger partial charge on any atom is 0.254 e. The normalized spacial score (nSPS) is 18.2. The van der Waals surface area contributed by atoms with Crippen molar-refractivity contribution in [3.63, 3.8) is 0 Å². The van der Waals surface area contributed by atoms with E-state index in [1.165, 1.54) is 0 Å². The van der Waals surface area contributed by atoms with Gasteiger partial charge in [-0.3, -0.25) is 0 Å². The number of nitrogens with zero attached hydrogens (tertiary/aromatic N) is 8. The number of ether oxygens (including phenoxy) is 1. The van der Waals surface area contributed by atoms with E-state index in [1.54, 1.807) is 18.0 Å². The van der Waals surface area contributed by atoms with E-state index >= 15 is 0 Å². The van der Waals surface area contributed by atoms with Gasteiger partial charge >= 0.3 is 0 Å². The summed E-state index contributed by atoms with van der Waals surface area (Å²) in [4.78, 5) is 11.1. The minimum Gasteiger partial charge on any atom is -0.378 e. The lowest BCUT2D eigenvalue weighted by Gasteiger charge is -2.34. The third kappa shape index (κ3) is 3.03. The predicted molar refractivity (Wildman–Crippen MR) is 96.1 cm³/mol. The van der Waals surface area contributed by atoms with E-state index in [0.29, 0.717) is 24.3 Å². The first-order valence-corrected chi connectivity index (χ1v) is 9.00. The summed E-state index contributed by atoms with van der Waals surface area (Å²) in [6.07, 6.45) is 5.57. The van der Waals surface area contributed by atoms with Crippen LogP contribution in [0.5, 0.6) is 0 Å². The van der Waals surface area contributed by atoms with Crippen molar-refractivity contribution in [2.45, 2.75) is 45.3 Å². The Balaban J connectivity index is 1.67. The molecule has 0 aromatic carbocycles. The molecule has 3 aromatic rings. The Kier molecular flexibility index (Phi) is 4.54. The van der Waals surface area contributed by atoms with Crippen LogP contribution in [0.15, 0.2) is 18.7 Å². The van der Waals surface area contributed by atoms with Crippen LogP contribution >= 0.6 is 0 Å². The second-order valence-corrected chi connectivity index (χ2v) is 6.99. The first-order valence-electron chi connectivity index (χ1n) is 9.00. The summed E-state index contributed by atoms with van der Waals surface area (Å²) in [5.74, 6) is 3.00. The molecule has 26 heavy (non-hydrogen) atoms. The van der Waals surface area contributed by atoms with Crippen molar-refractivity contribution in [3.05, 3.63) is 30.2 Å². The summed E-state index contributed by atoms with van der Waals surface area (Å²) < 4.78 is 9.23. The Morgan fingerprint density at radius 3 is 3.04 bits per heavy atom.